The fourth-order valence-corrected chi connectivity index (χ4v) is 4.47. The number of hydrogen-bond acceptors (Lipinski definition) is 0. The average Bonchev–Trinajstić information content (AvgIpc) is 3.13. The lowest BCUT2D eigenvalue weighted by atomic mass is 9.88. The van der Waals surface area contributed by atoms with Gasteiger partial charge in [0.2, 0.25) is 0 Å². The standard InChI is InChI=1S/C28H30/c1-22-26(18-17-24-11-6-3-7-12-24)19-20-28(22)27-14-8-13-25(21-27)16-15-23-9-4-2-5-10-23/h3,6-8,11-14,19-23H,2,4-5,9-10,17-18H2,1H3. The predicted octanol–water partition coefficient (Wildman–Crippen LogP) is 7.21. The molecular weight excluding hydrogens is 336 g/mol. The van der Waals surface area contributed by atoms with E-state index >= 15 is 0 Å². The van der Waals surface area contributed by atoms with Gasteiger partial charge in [-0.25, -0.2) is 0 Å². The van der Waals surface area contributed by atoms with Gasteiger partial charge in [-0.15, -0.1) is 0 Å². The maximum absolute atomic E-state index is 3.53. The Kier molecular flexibility index (Phi) is 6.13. The Morgan fingerprint density at radius 3 is 2.50 bits per heavy atom. The molecule has 142 valence electrons. The molecule has 1 unspecified atom stereocenters. The summed E-state index contributed by atoms with van der Waals surface area (Å²) in [7, 11) is 0. The van der Waals surface area contributed by atoms with Gasteiger partial charge < -0.3 is 0 Å². The number of rotatable bonds is 4. The van der Waals surface area contributed by atoms with Crippen molar-refractivity contribution in [2.24, 2.45) is 11.8 Å². The molecule has 0 aromatic heterocycles. The molecule has 2 aliphatic carbocycles. The molecule has 28 heavy (non-hydrogen) atoms. The van der Waals surface area contributed by atoms with Crippen LogP contribution in [-0.2, 0) is 6.42 Å². The summed E-state index contributed by atoms with van der Waals surface area (Å²) in [6, 6.07) is 19.6. The van der Waals surface area contributed by atoms with Crippen molar-refractivity contribution in [3.05, 3.63) is 89.0 Å². The summed E-state index contributed by atoms with van der Waals surface area (Å²) < 4.78 is 0. The minimum Gasteiger partial charge on any atom is -0.0945 e. The van der Waals surface area contributed by atoms with E-state index in [0.717, 1.165) is 18.4 Å². The summed E-state index contributed by atoms with van der Waals surface area (Å²) >= 11 is 0. The van der Waals surface area contributed by atoms with Crippen LogP contribution in [0.5, 0.6) is 0 Å². The lowest BCUT2D eigenvalue weighted by molar-refractivity contribution is 0.430. The molecule has 1 atom stereocenters. The molecule has 1 saturated carbocycles. The van der Waals surface area contributed by atoms with Gasteiger partial charge >= 0.3 is 0 Å². The van der Waals surface area contributed by atoms with Crippen molar-refractivity contribution in [1.29, 1.82) is 0 Å². The molecule has 0 saturated heterocycles. The van der Waals surface area contributed by atoms with Gasteiger partial charge in [0.15, 0.2) is 0 Å². The second-order valence-corrected chi connectivity index (χ2v) is 8.26. The average molecular weight is 367 g/mol. The smallest absolute Gasteiger partial charge is 0.0251 e. The summed E-state index contributed by atoms with van der Waals surface area (Å²) in [6.45, 7) is 2.34. The molecule has 0 spiro atoms. The molecule has 0 heterocycles. The fourth-order valence-electron chi connectivity index (χ4n) is 4.47. The fraction of sp³-hybridized carbons (Fsp3) is 0.357. The normalized spacial score (nSPS) is 19.5. The van der Waals surface area contributed by atoms with Gasteiger partial charge in [-0.05, 0) is 54.5 Å². The summed E-state index contributed by atoms with van der Waals surface area (Å²) in [6.07, 6.45) is 13.5. The van der Waals surface area contributed by atoms with Crippen LogP contribution in [0.2, 0.25) is 0 Å². The Morgan fingerprint density at radius 2 is 1.68 bits per heavy atom. The van der Waals surface area contributed by atoms with Crippen LogP contribution in [0.1, 0.15) is 62.1 Å². The summed E-state index contributed by atoms with van der Waals surface area (Å²) in [5.74, 6) is 8.08. The van der Waals surface area contributed by atoms with Crippen molar-refractivity contribution in [2.45, 2.75) is 51.9 Å². The SMILES string of the molecule is CC1C(CCc2ccccc2)=CC=C1c1cccc(C#CC2CCCCC2)c1. The maximum atomic E-state index is 3.53. The van der Waals surface area contributed by atoms with Crippen molar-refractivity contribution in [3.63, 3.8) is 0 Å². The molecule has 0 bridgehead atoms. The first kappa shape index (κ1) is 18.8. The minimum absolute atomic E-state index is 0.491. The number of aryl methyl sites for hydroxylation is 1. The second kappa shape index (κ2) is 9.11. The van der Waals surface area contributed by atoms with E-state index in [9.17, 15) is 0 Å². The zero-order valence-corrected chi connectivity index (χ0v) is 17.0. The first-order valence-electron chi connectivity index (χ1n) is 10.9. The highest BCUT2D eigenvalue weighted by Crippen LogP contribution is 2.36. The highest BCUT2D eigenvalue weighted by molar-refractivity contribution is 5.75. The van der Waals surface area contributed by atoms with Crippen LogP contribution in [0.3, 0.4) is 0 Å². The van der Waals surface area contributed by atoms with Crippen LogP contribution in [-0.4, -0.2) is 0 Å². The number of benzene rings is 2. The van der Waals surface area contributed by atoms with Crippen molar-refractivity contribution in [1.82, 2.24) is 0 Å². The summed E-state index contributed by atoms with van der Waals surface area (Å²) in [4.78, 5) is 0. The second-order valence-electron chi connectivity index (χ2n) is 8.26. The monoisotopic (exact) mass is 366 g/mol. The zero-order chi connectivity index (χ0) is 19.2. The van der Waals surface area contributed by atoms with Crippen molar-refractivity contribution in [3.8, 4) is 11.8 Å². The third kappa shape index (κ3) is 4.66. The number of hydrogen-bond donors (Lipinski definition) is 0. The molecular formula is C28H30. The summed E-state index contributed by atoms with van der Waals surface area (Å²) in [5, 5.41) is 0. The quantitative estimate of drug-likeness (QED) is 0.501. The van der Waals surface area contributed by atoms with E-state index in [1.54, 1.807) is 0 Å². The molecule has 4 rings (SSSR count). The Balaban J connectivity index is 1.40. The Bertz CT molecular complexity index is 911. The van der Waals surface area contributed by atoms with Crippen LogP contribution >= 0.6 is 0 Å². The molecule has 0 amide bonds. The molecule has 2 aromatic carbocycles. The Hall–Kier alpha value is -2.52. The van der Waals surface area contributed by atoms with Gasteiger partial charge in [0.1, 0.15) is 0 Å². The van der Waals surface area contributed by atoms with E-state index in [2.05, 4.69) is 85.5 Å². The highest BCUT2D eigenvalue weighted by Gasteiger charge is 2.19. The molecule has 0 N–H and O–H groups in total. The van der Waals surface area contributed by atoms with Gasteiger partial charge in [-0.1, -0.05) is 98.2 Å². The third-order valence-electron chi connectivity index (χ3n) is 6.27. The van der Waals surface area contributed by atoms with E-state index in [4.69, 9.17) is 0 Å². The van der Waals surface area contributed by atoms with E-state index in [0.29, 0.717) is 11.8 Å². The first-order chi connectivity index (χ1) is 13.8. The van der Waals surface area contributed by atoms with Crippen LogP contribution in [0.15, 0.2) is 72.3 Å². The first-order valence-corrected chi connectivity index (χ1v) is 10.9. The van der Waals surface area contributed by atoms with Gasteiger partial charge in [0.25, 0.3) is 0 Å². The molecule has 0 heteroatoms. The largest absolute Gasteiger partial charge is 0.0945 e. The molecule has 1 fully saturated rings. The third-order valence-corrected chi connectivity index (χ3v) is 6.27. The molecule has 0 nitrogen and oxygen atoms in total. The van der Waals surface area contributed by atoms with Crippen LogP contribution in [0, 0.1) is 23.7 Å². The topological polar surface area (TPSA) is 0 Å². The van der Waals surface area contributed by atoms with E-state index in [-0.39, 0.29) is 0 Å². The van der Waals surface area contributed by atoms with Gasteiger partial charge in [0.05, 0.1) is 0 Å². The number of allylic oxidation sites excluding steroid dienone is 4. The molecule has 0 aliphatic heterocycles. The van der Waals surface area contributed by atoms with Crippen molar-refractivity contribution < 1.29 is 0 Å². The van der Waals surface area contributed by atoms with E-state index < -0.39 is 0 Å². The predicted molar refractivity (Wildman–Crippen MR) is 120 cm³/mol. The van der Waals surface area contributed by atoms with Gasteiger partial charge in [0, 0.05) is 17.4 Å². The Labute approximate surface area is 170 Å². The van der Waals surface area contributed by atoms with Crippen molar-refractivity contribution in [2.75, 3.05) is 0 Å². The summed E-state index contributed by atoms with van der Waals surface area (Å²) in [5.41, 5.74) is 6.88. The van der Waals surface area contributed by atoms with Crippen LogP contribution < -0.4 is 0 Å². The van der Waals surface area contributed by atoms with Gasteiger partial charge in [-0.2, -0.15) is 0 Å². The molecule has 0 radical (unpaired) electrons. The van der Waals surface area contributed by atoms with Crippen molar-refractivity contribution >= 4 is 5.57 Å². The van der Waals surface area contributed by atoms with Gasteiger partial charge in [-0.3, -0.25) is 0 Å². The van der Waals surface area contributed by atoms with Crippen LogP contribution in [0.25, 0.3) is 5.57 Å². The maximum Gasteiger partial charge on any atom is 0.0251 e. The zero-order valence-electron chi connectivity index (χ0n) is 17.0. The highest BCUT2D eigenvalue weighted by atomic mass is 14.2. The lowest BCUT2D eigenvalue weighted by Gasteiger charge is -2.16. The Morgan fingerprint density at radius 1 is 0.857 bits per heavy atom. The van der Waals surface area contributed by atoms with Crippen LogP contribution in [0.4, 0.5) is 0 Å². The molecule has 2 aliphatic rings. The molecule has 2 aromatic rings. The minimum atomic E-state index is 0.491. The van der Waals surface area contributed by atoms with E-state index in [1.165, 1.54) is 54.4 Å². The lowest BCUT2D eigenvalue weighted by Crippen LogP contribution is -2.03. The van der Waals surface area contributed by atoms with E-state index in [1.807, 2.05) is 0 Å².